The number of hydrogen-bond donors (Lipinski definition) is 2. The zero-order valence-corrected chi connectivity index (χ0v) is 18.3. The molecule has 7 nitrogen and oxygen atoms in total. The number of carbonyl (C=O) groups excluding carboxylic acids is 1. The second-order valence-corrected chi connectivity index (χ2v) is 7.18. The minimum Gasteiger partial charge on any atom is -0.508 e. The number of phenolic OH excluding ortho intramolecular Hbond substituents is 1. The number of hydrogen-bond acceptors (Lipinski definition) is 6. The van der Waals surface area contributed by atoms with Crippen LogP contribution in [0.25, 0.3) is 11.4 Å². The lowest BCUT2D eigenvalue weighted by Crippen LogP contribution is -2.15. The van der Waals surface area contributed by atoms with E-state index >= 15 is 0 Å². The van der Waals surface area contributed by atoms with Crippen molar-refractivity contribution in [1.82, 2.24) is 9.97 Å². The molecule has 2 N–H and O–H groups in total. The van der Waals surface area contributed by atoms with E-state index in [2.05, 4.69) is 31.2 Å². The average molecular weight is 472 g/mol. The zero-order chi connectivity index (χ0) is 21.5. The molecule has 3 rings (SSSR count). The van der Waals surface area contributed by atoms with E-state index < -0.39 is 0 Å². The molecule has 3 aromatic rings. The number of carbonyl (C=O) groups is 1. The third-order valence-electron chi connectivity index (χ3n) is 4.10. The summed E-state index contributed by atoms with van der Waals surface area (Å²) in [6.45, 7) is 4.81. The molecule has 1 aromatic heterocycles. The van der Waals surface area contributed by atoms with Crippen molar-refractivity contribution in [3.05, 3.63) is 58.8 Å². The van der Waals surface area contributed by atoms with Crippen molar-refractivity contribution in [2.24, 2.45) is 0 Å². The van der Waals surface area contributed by atoms with Crippen molar-refractivity contribution in [2.75, 3.05) is 18.5 Å². The van der Waals surface area contributed by atoms with Crippen LogP contribution in [0.2, 0.25) is 0 Å². The second kappa shape index (κ2) is 10.1. The fourth-order valence-electron chi connectivity index (χ4n) is 2.81. The summed E-state index contributed by atoms with van der Waals surface area (Å²) in [5.74, 6) is 1.62. The summed E-state index contributed by atoms with van der Waals surface area (Å²) in [6, 6.07) is 10.3. The molecule has 0 spiro atoms. The largest absolute Gasteiger partial charge is 0.508 e. The van der Waals surface area contributed by atoms with Crippen LogP contribution < -0.4 is 14.8 Å². The van der Waals surface area contributed by atoms with Gasteiger partial charge in [0.25, 0.3) is 0 Å². The van der Waals surface area contributed by atoms with Gasteiger partial charge >= 0.3 is 0 Å². The van der Waals surface area contributed by atoms with Crippen molar-refractivity contribution >= 4 is 27.5 Å². The first kappa shape index (κ1) is 21.6. The minimum absolute atomic E-state index is 0.140. The molecule has 1 heterocycles. The zero-order valence-electron chi connectivity index (χ0n) is 16.7. The van der Waals surface area contributed by atoms with Gasteiger partial charge in [-0.15, -0.1) is 0 Å². The predicted octanol–water partition coefficient (Wildman–Crippen LogP) is 4.59. The van der Waals surface area contributed by atoms with Crippen LogP contribution in [-0.4, -0.2) is 34.2 Å². The maximum absolute atomic E-state index is 12.5. The maximum atomic E-state index is 12.5. The molecule has 0 aliphatic rings. The standard InChI is InChI=1S/C22H22BrN3O4/c1-3-29-19-9-15(18(23)11-20(19)30-4-2)10-21(28)26-16-12-24-22(25-13-16)14-6-5-7-17(27)8-14/h5-9,11-13,27H,3-4,10H2,1-2H3,(H,26,28). The normalized spacial score (nSPS) is 10.5. The van der Waals surface area contributed by atoms with Gasteiger partial charge in [-0.05, 0) is 43.7 Å². The quantitative estimate of drug-likeness (QED) is 0.498. The monoisotopic (exact) mass is 471 g/mol. The molecule has 30 heavy (non-hydrogen) atoms. The Hall–Kier alpha value is -3.13. The van der Waals surface area contributed by atoms with Crippen LogP contribution in [-0.2, 0) is 11.2 Å². The molecule has 0 radical (unpaired) electrons. The van der Waals surface area contributed by atoms with Crippen LogP contribution in [0.1, 0.15) is 19.4 Å². The van der Waals surface area contributed by atoms with Crippen LogP contribution >= 0.6 is 15.9 Å². The molecule has 0 saturated heterocycles. The fourth-order valence-corrected chi connectivity index (χ4v) is 3.28. The fraction of sp³-hybridized carbons (Fsp3) is 0.227. The lowest BCUT2D eigenvalue weighted by atomic mass is 10.1. The summed E-state index contributed by atoms with van der Waals surface area (Å²) < 4.78 is 12.0. The number of aromatic nitrogens is 2. The smallest absolute Gasteiger partial charge is 0.228 e. The van der Waals surface area contributed by atoms with Gasteiger partial charge in [0.1, 0.15) is 5.75 Å². The van der Waals surface area contributed by atoms with Crippen LogP contribution in [0.15, 0.2) is 53.3 Å². The second-order valence-electron chi connectivity index (χ2n) is 6.33. The molecule has 0 fully saturated rings. The number of anilines is 1. The Labute approximate surface area is 183 Å². The van der Waals surface area contributed by atoms with Crippen LogP contribution in [0.3, 0.4) is 0 Å². The summed E-state index contributed by atoms with van der Waals surface area (Å²) in [5, 5.41) is 12.4. The van der Waals surface area contributed by atoms with Crippen molar-refractivity contribution in [1.29, 1.82) is 0 Å². The molecule has 1 amide bonds. The summed E-state index contributed by atoms with van der Waals surface area (Å²) in [6.07, 6.45) is 3.20. The van der Waals surface area contributed by atoms with Gasteiger partial charge in [-0.25, -0.2) is 9.97 Å². The molecule has 0 bridgehead atoms. The first-order valence-corrected chi connectivity index (χ1v) is 10.3. The number of nitrogens with zero attached hydrogens (tertiary/aromatic N) is 2. The number of benzene rings is 2. The Morgan fingerprint density at radius 2 is 1.73 bits per heavy atom. The number of amides is 1. The molecule has 0 saturated carbocycles. The van der Waals surface area contributed by atoms with E-state index in [4.69, 9.17) is 9.47 Å². The van der Waals surface area contributed by atoms with E-state index in [1.807, 2.05) is 19.9 Å². The minimum atomic E-state index is -0.212. The van der Waals surface area contributed by atoms with Crippen LogP contribution in [0, 0.1) is 0 Å². The molecular weight excluding hydrogens is 450 g/mol. The summed E-state index contributed by atoms with van der Waals surface area (Å²) >= 11 is 3.50. The number of aromatic hydroxyl groups is 1. The number of ether oxygens (including phenoxy) is 2. The average Bonchev–Trinajstić information content (AvgIpc) is 2.72. The molecule has 0 unspecified atom stereocenters. The van der Waals surface area contributed by atoms with Gasteiger partial charge in [0, 0.05) is 10.0 Å². The van der Waals surface area contributed by atoms with Gasteiger partial charge in [0.2, 0.25) is 5.91 Å². The molecule has 2 aromatic carbocycles. The highest BCUT2D eigenvalue weighted by atomic mass is 79.9. The third-order valence-corrected chi connectivity index (χ3v) is 4.84. The molecule has 156 valence electrons. The van der Waals surface area contributed by atoms with Gasteiger partial charge in [-0.1, -0.05) is 28.1 Å². The Bertz CT molecular complexity index is 1030. The van der Waals surface area contributed by atoms with E-state index in [9.17, 15) is 9.90 Å². The number of halogens is 1. The molecule has 0 atom stereocenters. The first-order chi connectivity index (χ1) is 14.5. The highest BCUT2D eigenvalue weighted by Gasteiger charge is 2.14. The van der Waals surface area contributed by atoms with Crippen molar-refractivity contribution in [3.8, 4) is 28.6 Å². The summed E-state index contributed by atoms with van der Waals surface area (Å²) in [7, 11) is 0. The lowest BCUT2D eigenvalue weighted by molar-refractivity contribution is -0.115. The van der Waals surface area contributed by atoms with Crippen molar-refractivity contribution < 1.29 is 19.4 Å². The summed E-state index contributed by atoms with van der Waals surface area (Å²) in [4.78, 5) is 21.0. The Balaban J connectivity index is 1.70. The molecule has 0 aliphatic carbocycles. The maximum Gasteiger partial charge on any atom is 0.228 e. The van der Waals surface area contributed by atoms with Gasteiger partial charge in [-0.2, -0.15) is 0 Å². The molecular formula is C22H22BrN3O4. The number of phenols is 1. The highest BCUT2D eigenvalue weighted by Crippen LogP contribution is 2.34. The first-order valence-electron chi connectivity index (χ1n) is 9.49. The van der Waals surface area contributed by atoms with E-state index in [0.717, 1.165) is 10.0 Å². The Morgan fingerprint density at radius 1 is 1.07 bits per heavy atom. The third kappa shape index (κ3) is 5.48. The van der Waals surface area contributed by atoms with E-state index in [1.54, 1.807) is 30.3 Å². The molecule has 8 heteroatoms. The predicted molar refractivity (Wildman–Crippen MR) is 118 cm³/mol. The Kier molecular flexibility index (Phi) is 7.24. The number of rotatable bonds is 8. The highest BCUT2D eigenvalue weighted by molar-refractivity contribution is 9.10. The SMILES string of the molecule is CCOc1cc(Br)c(CC(=O)Nc2cnc(-c3cccc(O)c3)nc2)cc1OCC. The van der Waals surface area contributed by atoms with Crippen molar-refractivity contribution in [2.45, 2.75) is 20.3 Å². The summed E-state index contributed by atoms with van der Waals surface area (Å²) in [5.41, 5.74) is 1.95. The number of nitrogens with one attached hydrogen (secondary N) is 1. The van der Waals surface area contributed by atoms with E-state index in [0.29, 0.717) is 41.8 Å². The topological polar surface area (TPSA) is 93.6 Å². The Morgan fingerprint density at radius 3 is 2.37 bits per heavy atom. The van der Waals surface area contributed by atoms with Gasteiger partial charge in [0.15, 0.2) is 17.3 Å². The van der Waals surface area contributed by atoms with Gasteiger partial charge in [0.05, 0.1) is 37.7 Å². The van der Waals surface area contributed by atoms with Gasteiger partial charge in [-0.3, -0.25) is 4.79 Å². The lowest BCUT2D eigenvalue weighted by Gasteiger charge is -2.14. The van der Waals surface area contributed by atoms with Crippen LogP contribution in [0.4, 0.5) is 5.69 Å². The molecule has 0 aliphatic heterocycles. The van der Waals surface area contributed by atoms with Crippen molar-refractivity contribution in [3.63, 3.8) is 0 Å². The van der Waals surface area contributed by atoms with E-state index in [-0.39, 0.29) is 18.1 Å². The van der Waals surface area contributed by atoms with Crippen LogP contribution in [0.5, 0.6) is 17.2 Å². The van der Waals surface area contributed by atoms with E-state index in [1.165, 1.54) is 12.4 Å². The van der Waals surface area contributed by atoms with Gasteiger partial charge < -0.3 is 19.9 Å².